The molecule has 1 heterocycles. The van der Waals surface area contributed by atoms with E-state index in [4.69, 9.17) is 17.2 Å². The summed E-state index contributed by atoms with van der Waals surface area (Å²) in [6.07, 6.45) is 13.5. The van der Waals surface area contributed by atoms with Gasteiger partial charge in [0.15, 0.2) is 5.96 Å². The van der Waals surface area contributed by atoms with Gasteiger partial charge in [0.2, 0.25) is 0 Å². The first-order chi connectivity index (χ1) is 20.7. The van der Waals surface area contributed by atoms with Crippen LogP contribution >= 0.6 is 0 Å². The van der Waals surface area contributed by atoms with Gasteiger partial charge in [-0.15, -0.1) is 0 Å². The number of guanidine groups is 1. The molecule has 3 aromatic rings. The minimum Gasteiger partial charge on any atom is -0.478 e. The summed E-state index contributed by atoms with van der Waals surface area (Å²) in [6.45, 7) is 2.00. The lowest BCUT2D eigenvalue weighted by molar-refractivity contribution is -0.131. The van der Waals surface area contributed by atoms with Crippen molar-refractivity contribution < 1.29 is 14.7 Å². The van der Waals surface area contributed by atoms with Gasteiger partial charge in [-0.2, -0.15) is 0 Å². The second-order valence-electron chi connectivity index (χ2n) is 11.7. The smallest absolute Gasteiger partial charge is 0.328 e. The number of allylic oxidation sites excluding steroid dienone is 1. The Morgan fingerprint density at radius 2 is 1.88 bits per heavy atom. The van der Waals surface area contributed by atoms with Crippen LogP contribution < -0.4 is 22.5 Å². The first kappa shape index (κ1) is 31.6. The number of fused-ring (bicyclic) bond motifs is 2. The van der Waals surface area contributed by atoms with E-state index in [1.807, 2.05) is 25.3 Å². The monoisotopic (exact) mass is 584 g/mol. The number of anilines is 1. The van der Waals surface area contributed by atoms with E-state index in [0.29, 0.717) is 12.0 Å². The number of carboxylic acids is 1. The molecule has 0 bridgehead atoms. The van der Waals surface area contributed by atoms with Crippen molar-refractivity contribution in [1.82, 2.24) is 4.98 Å². The molecule has 43 heavy (non-hydrogen) atoms. The highest BCUT2D eigenvalue weighted by Gasteiger charge is 2.30. The van der Waals surface area contributed by atoms with Crippen LogP contribution in [0.25, 0.3) is 16.8 Å². The largest absolute Gasteiger partial charge is 0.478 e. The van der Waals surface area contributed by atoms with E-state index in [1.165, 1.54) is 28.0 Å². The van der Waals surface area contributed by atoms with Crippen molar-refractivity contribution in [2.75, 3.05) is 11.9 Å². The first-order valence-corrected chi connectivity index (χ1v) is 15.0. The number of H-pyrrole nitrogens is 1. The minimum atomic E-state index is -1.05. The molecule has 0 aliphatic heterocycles. The Morgan fingerprint density at radius 1 is 1.12 bits per heavy atom. The van der Waals surface area contributed by atoms with Crippen molar-refractivity contribution in [3.05, 3.63) is 83.6 Å². The molecule has 1 aliphatic carbocycles. The number of aliphatic imine (C=N–C) groups is 1. The number of aromatic amines is 1. The van der Waals surface area contributed by atoms with Crippen molar-refractivity contribution in [3.63, 3.8) is 0 Å². The topological polar surface area (TPSA) is 173 Å². The van der Waals surface area contributed by atoms with E-state index in [2.05, 4.69) is 63.8 Å². The number of aldehydes is 1. The standard InChI is InChI=1S/C34H44N6O3/c1-22(21-41)11-14-28(35)8-4-9-29-26(13-12-25-16-23-6-2-3-7-24(23)17-30(25)29)18-31(40-32-10-5-15-38-32)27(19-33(42)43)20-39-34(36)37/h2-3,5-7,10,12-13,15-17,19,21-22,26,28-29,31,38,40H,4,8-9,11,14,18,20,35H2,1H3,(H,42,43)(H4,36,37,39). The molecule has 9 nitrogen and oxygen atoms in total. The Bertz CT molecular complexity index is 1460. The summed E-state index contributed by atoms with van der Waals surface area (Å²) in [5.74, 6) is -0.0226. The number of aliphatic carboxylic acids is 1. The number of carbonyl (C=O) groups excluding carboxylic acids is 1. The van der Waals surface area contributed by atoms with Crippen LogP contribution in [0.3, 0.4) is 0 Å². The number of carboxylic acid groups (broad SMARTS) is 1. The van der Waals surface area contributed by atoms with Crippen LogP contribution in [-0.2, 0) is 9.59 Å². The maximum absolute atomic E-state index is 11.9. The fourth-order valence-corrected chi connectivity index (χ4v) is 6.02. The van der Waals surface area contributed by atoms with Gasteiger partial charge in [0.05, 0.1) is 12.6 Å². The lowest BCUT2D eigenvalue weighted by atomic mass is 9.73. The van der Waals surface area contributed by atoms with Crippen LogP contribution in [0.1, 0.15) is 62.5 Å². The summed E-state index contributed by atoms with van der Waals surface area (Å²) in [6, 6.07) is 16.4. The highest BCUT2D eigenvalue weighted by molar-refractivity contribution is 5.87. The number of nitrogens with zero attached hydrogens (tertiary/aromatic N) is 1. The van der Waals surface area contributed by atoms with Gasteiger partial charge in [0.25, 0.3) is 0 Å². The molecule has 5 atom stereocenters. The predicted molar refractivity (Wildman–Crippen MR) is 175 cm³/mol. The average Bonchev–Trinajstić information content (AvgIpc) is 3.50. The van der Waals surface area contributed by atoms with E-state index in [-0.39, 0.29) is 42.3 Å². The summed E-state index contributed by atoms with van der Waals surface area (Å²) < 4.78 is 0. The molecule has 0 fully saturated rings. The molecule has 0 amide bonds. The third kappa shape index (κ3) is 9.06. The highest BCUT2D eigenvalue weighted by atomic mass is 16.4. The molecule has 9 N–H and O–H groups in total. The molecule has 1 aromatic heterocycles. The third-order valence-corrected chi connectivity index (χ3v) is 8.34. The number of nitrogens with two attached hydrogens (primary N) is 3. The van der Waals surface area contributed by atoms with Crippen LogP contribution in [0, 0.1) is 11.8 Å². The van der Waals surface area contributed by atoms with Gasteiger partial charge < -0.3 is 37.4 Å². The summed E-state index contributed by atoms with van der Waals surface area (Å²) in [4.78, 5) is 30.2. The fourth-order valence-electron chi connectivity index (χ4n) is 6.02. The SMILES string of the molecule is CC(C=O)CCC(N)CCCC1c2cc3ccccc3cc2C=CC1CC(Nc1ccc[nH]1)C(=CC(=O)O)CN=C(N)N. The zero-order valence-corrected chi connectivity index (χ0v) is 24.8. The van der Waals surface area contributed by atoms with Gasteiger partial charge in [-0.05, 0) is 89.6 Å². The van der Waals surface area contributed by atoms with Crippen LogP contribution in [0.5, 0.6) is 0 Å². The van der Waals surface area contributed by atoms with Gasteiger partial charge in [-0.1, -0.05) is 55.8 Å². The van der Waals surface area contributed by atoms with E-state index < -0.39 is 5.97 Å². The fraction of sp³-hybridized carbons (Fsp3) is 0.382. The van der Waals surface area contributed by atoms with Crippen LogP contribution in [-0.4, -0.2) is 46.9 Å². The summed E-state index contributed by atoms with van der Waals surface area (Å²) in [7, 11) is 0. The van der Waals surface area contributed by atoms with Crippen LogP contribution in [0.15, 0.2) is 77.4 Å². The van der Waals surface area contributed by atoms with Gasteiger partial charge in [-0.3, -0.25) is 0 Å². The maximum atomic E-state index is 11.9. The second-order valence-corrected chi connectivity index (χ2v) is 11.7. The molecule has 0 spiro atoms. The molecular formula is C34H44N6O3. The van der Waals surface area contributed by atoms with E-state index >= 15 is 0 Å². The van der Waals surface area contributed by atoms with Crippen LogP contribution in [0.2, 0.25) is 0 Å². The number of hydrogen-bond donors (Lipinski definition) is 6. The molecule has 0 saturated heterocycles. The van der Waals surface area contributed by atoms with Crippen molar-refractivity contribution in [1.29, 1.82) is 0 Å². The molecule has 1 aliphatic rings. The normalized spacial score (nSPS) is 18.4. The second kappa shape index (κ2) is 15.2. The molecule has 9 heteroatoms. The Hall–Kier alpha value is -4.37. The Balaban J connectivity index is 1.63. The molecule has 2 aromatic carbocycles. The van der Waals surface area contributed by atoms with Crippen molar-refractivity contribution >= 4 is 40.9 Å². The summed E-state index contributed by atoms with van der Waals surface area (Å²) in [5, 5.41) is 15.6. The Labute approximate surface area is 253 Å². The van der Waals surface area contributed by atoms with E-state index in [1.54, 1.807) is 0 Å². The number of hydrogen-bond acceptors (Lipinski definition) is 5. The van der Waals surface area contributed by atoms with E-state index in [9.17, 15) is 14.7 Å². The zero-order chi connectivity index (χ0) is 30.8. The quantitative estimate of drug-likeness (QED) is 0.0583. The highest BCUT2D eigenvalue weighted by Crippen LogP contribution is 2.42. The molecular weight excluding hydrogens is 540 g/mol. The van der Waals surface area contributed by atoms with Crippen molar-refractivity contribution in [2.45, 2.75) is 63.5 Å². The lowest BCUT2D eigenvalue weighted by Crippen LogP contribution is -2.31. The maximum Gasteiger partial charge on any atom is 0.328 e. The molecule has 5 unspecified atom stereocenters. The van der Waals surface area contributed by atoms with Crippen molar-refractivity contribution in [2.24, 2.45) is 34.0 Å². The third-order valence-electron chi connectivity index (χ3n) is 8.34. The number of carbonyl (C=O) groups is 2. The Kier molecular flexibility index (Phi) is 11.2. The van der Waals surface area contributed by atoms with Gasteiger partial charge >= 0.3 is 5.97 Å². The minimum absolute atomic E-state index is 0.0233. The summed E-state index contributed by atoms with van der Waals surface area (Å²) in [5.41, 5.74) is 20.8. The number of aromatic nitrogens is 1. The zero-order valence-electron chi connectivity index (χ0n) is 24.8. The Morgan fingerprint density at radius 3 is 2.56 bits per heavy atom. The molecule has 228 valence electrons. The van der Waals surface area contributed by atoms with Crippen molar-refractivity contribution in [3.8, 4) is 0 Å². The molecule has 4 rings (SSSR count). The summed E-state index contributed by atoms with van der Waals surface area (Å²) >= 11 is 0. The first-order valence-electron chi connectivity index (χ1n) is 15.0. The van der Waals surface area contributed by atoms with Gasteiger partial charge in [-0.25, -0.2) is 9.79 Å². The predicted octanol–water partition coefficient (Wildman–Crippen LogP) is 5.16. The lowest BCUT2D eigenvalue weighted by Gasteiger charge is -2.34. The van der Waals surface area contributed by atoms with Gasteiger partial charge in [0.1, 0.15) is 12.1 Å². The van der Waals surface area contributed by atoms with E-state index in [0.717, 1.165) is 44.2 Å². The van der Waals surface area contributed by atoms with Crippen LogP contribution in [0.4, 0.5) is 5.82 Å². The molecule has 0 radical (unpaired) electrons. The number of rotatable bonds is 16. The molecule has 0 saturated carbocycles. The number of nitrogens with one attached hydrogen (secondary N) is 2. The number of benzene rings is 2. The average molecular weight is 585 g/mol. The van der Waals surface area contributed by atoms with Gasteiger partial charge in [0, 0.05) is 24.2 Å².